The first-order valence-electron chi connectivity index (χ1n) is 14.3. The molecule has 3 N–H and O–H groups in total. The highest BCUT2D eigenvalue weighted by Gasteiger charge is 2.55. The monoisotopic (exact) mass is 569 g/mol. The minimum atomic E-state index is -2.84. The molecule has 11 nitrogen and oxygen atoms in total. The Morgan fingerprint density at radius 2 is 1.66 bits per heavy atom. The normalized spacial score (nSPS) is 18.1. The third kappa shape index (κ3) is 6.61. The molecule has 0 atom stereocenters. The topological polar surface area (TPSA) is 161 Å². The molecule has 1 saturated heterocycles. The SMILES string of the molecule is Cc1ccc(N(C(=O)c2ccco2)C2CCN(CCC3(CCC(C(=O)O)(C(=O)O)C(=O)O)CCCCC3)CC2)nc1. The third-order valence-corrected chi connectivity index (χ3v) is 9.01. The number of nitrogens with zero attached hydrogens (tertiary/aromatic N) is 3. The number of anilines is 1. The maximum Gasteiger partial charge on any atom is 0.332 e. The summed E-state index contributed by atoms with van der Waals surface area (Å²) in [5.41, 5.74) is -2.14. The van der Waals surface area contributed by atoms with Gasteiger partial charge >= 0.3 is 17.9 Å². The maximum absolute atomic E-state index is 13.4. The van der Waals surface area contributed by atoms with Crippen LogP contribution in [0.15, 0.2) is 41.1 Å². The van der Waals surface area contributed by atoms with Crippen LogP contribution in [0.5, 0.6) is 0 Å². The third-order valence-electron chi connectivity index (χ3n) is 9.01. The van der Waals surface area contributed by atoms with E-state index in [-0.39, 0.29) is 29.5 Å². The minimum absolute atomic E-state index is 0.0648. The van der Waals surface area contributed by atoms with E-state index in [0.29, 0.717) is 5.82 Å². The number of carbonyl (C=O) groups excluding carboxylic acids is 1. The van der Waals surface area contributed by atoms with Crippen LogP contribution < -0.4 is 4.90 Å². The summed E-state index contributed by atoms with van der Waals surface area (Å²) >= 11 is 0. The molecule has 2 fully saturated rings. The number of hydrogen-bond acceptors (Lipinski definition) is 7. The number of carboxylic acids is 3. The summed E-state index contributed by atoms with van der Waals surface area (Å²) in [4.78, 5) is 57.4. The highest BCUT2D eigenvalue weighted by atomic mass is 16.4. The van der Waals surface area contributed by atoms with Gasteiger partial charge < -0.3 is 24.6 Å². The summed E-state index contributed by atoms with van der Waals surface area (Å²) in [5, 5.41) is 28.7. The number of carbonyl (C=O) groups is 4. The van der Waals surface area contributed by atoms with Crippen LogP contribution >= 0.6 is 0 Å². The van der Waals surface area contributed by atoms with E-state index in [1.165, 1.54) is 6.26 Å². The molecule has 0 aromatic carbocycles. The molecule has 222 valence electrons. The van der Waals surface area contributed by atoms with Crippen molar-refractivity contribution in [1.82, 2.24) is 9.88 Å². The Hall–Kier alpha value is -3.73. The van der Waals surface area contributed by atoms with Gasteiger partial charge in [-0.1, -0.05) is 25.3 Å². The summed E-state index contributed by atoms with van der Waals surface area (Å²) in [5.74, 6) is -4.89. The number of amides is 1. The fourth-order valence-electron chi connectivity index (χ4n) is 6.35. The molecule has 4 rings (SSSR count). The van der Waals surface area contributed by atoms with E-state index in [9.17, 15) is 34.5 Å². The molecule has 1 saturated carbocycles. The van der Waals surface area contributed by atoms with Gasteiger partial charge in [0, 0.05) is 25.3 Å². The number of likely N-dealkylation sites (tertiary alicyclic amines) is 1. The lowest BCUT2D eigenvalue weighted by molar-refractivity contribution is -0.176. The van der Waals surface area contributed by atoms with Gasteiger partial charge in [0.15, 0.2) is 5.76 Å². The van der Waals surface area contributed by atoms with Crippen molar-refractivity contribution in [2.45, 2.75) is 77.2 Å². The summed E-state index contributed by atoms with van der Waals surface area (Å²) in [6.07, 6.45) is 9.82. The van der Waals surface area contributed by atoms with Crippen molar-refractivity contribution in [2.24, 2.45) is 10.8 Å². The Balaban J connectivity index is 1.42. The number of pyridine rings is 1. The van der Waals surface area contributed by atoms with Crippen LogP contribution in [0.4, 0.5) is 5.82 Å². The van der Waals surface area contributed by atoms with Crippen LogP contribution in [0.1, 0.15) is 80.3 Å². The summed E-state index contributed by atoms with van der Waals surface area (Å²) in [7, 11) is 0. The highest BCUT2D eigenvalue weighted by molar-refractivity contribution is 6.16. The van der Waals surface area contributed by atoms with E-state index in [2.05, 4.69) is 9.88 Å². The fourth-order valence-corrected chi connectivity index (χ4v) is 6.35. The van der Waals surface area contributed by atoms with Gasteiger partial charge in [-0.25, -0.2) is 4.98 Å². The number of aryl methyl sites for hydroxylation is 1. The van der Waals surface area contributed by atoms with Gasteiger partial charge in [0.05, 0.1) is 6.26 Å². The number of piperidine rings is 1. The molecule has 3 heterocycles. The zero-order valence-electron chi connectivity index (χ0n) is 23.5. The van der Waals surface area contributed by atoms with Crippen LogP contribution in [0, 0.1) is 17.8 Å². The second-order valence-electron chi connectivity index (χ2n) is 11.6. The molecule has 11 heteroatoms. The van der Waals surface area contributed by atoms with E-state index < -0.39 is 29.7 Å². The highest BCUT2D eigenvalue weighted by Crippen LogP contribution is 2.46. The van der Waals surface area contributed by atoms with Crippen LogP contribution in [0.2, 0.25) is 0 Å². The fraction of sp³-hybridized carbons (Fsp3) is 0.567. The second kappa shape index (κ2) is 12.8. The quantitative estimate of drug-likeness (QED) is 0.311. The van der Waals surface area contributed by atoms with Crippen molar-refractivity contribution in [1.29, 1.82) is 0 Å². The van der Waals surface area contributed by atoms with Gasteiger partial charge in [0.25, 0.3) is 11.3 Å². The number of furan rings is 1. The molecule has 0 bridgehead atoms. The Labute approximate surface area is 239 Å². The van der Waals surface area contributed by atoms with E-state index in [0.717, 1.165) is 76.6 Å². The molecule has 2 aliphatic rings. The van der Waals surface area contributed by atoms with Gasteiger partial charge in [0.1, 0.15) is 5.82 Å². The summed E-state index contributed by atoms with van der Waals surface area (Å²) in [6, 6.07) is 7.05. The van der Waals surface area contributed by atoms with Gasteiger partial charge in [0.2, 0.25) is 0 Å². The molecule has 1 aliphatic heterocycles. The average Bonchev–Trinajstić information content (AvgIpc) is 3.49. The molecule has 41 heavy (non-hydrogen) atoms. The minimum Gasteiger partial charge on any atom is -0.480 e. The number of hydrogen-bond donors (Lipinski definition) is 3. The van der Waals surface area contributed by atoms with E-state index >= 15 is 0 Å². The first-order chi connectivity index (χ1) is 19.6. The molecular formula is C30H39N3O8. The van der Waals surface area contributed by atoms with E-state index in [1.54, 1.807) is 23.2 Å². The Bertz CT molecular complexity index is 1180. The van der Waals surface area contributed by atoms with Crippen LogP contribution in [0.25, 0.3) is 0 Å². The van der Waals surface area contributed by atoms with Gasteiger partial charge in [-0.3, -0.25) is 24.1 Å². The Morgan fingerprint density at radius 1 is 1.00 bits per heavy atom. The van der Waals surface area contributed by atoms with Crippen molar-refractivity contribution in [3.05, 3.63) is 48.0 Å². The van der Waals surface area contributed by atoms with Gasteiger partial charge in [-0.15, -0.1) is 0 Å². The molecule has 1 amide bonds. The summed E-state index contributed by atoms with van der Waals surface area (Å²) < 4.78 is 5.40. The number of carboxylic acid groups (broad SMARTS) is 3. The zero-order valence-corrected chi connectivity index (χ0v) is 23.5. The molecule has 2 aromatic heterocycles. The lowest BCUT2D eigenvalue weighted by Crippen LogP contribution is -2.49. The second-order valence-corrected chi connectivity index (χ2v) is 11.6. The van der Waals surface area contributed by atoms with Crippen molar-refractivity contribution in [3.8, 4) is 0 Å². The van der Waals surface area contributed by atoms with E-state index in [4.69, 9.17) is 4.42 Å². The first kappa shape index (κ1) is 30.2. The smallest absolute Gasteiger partial charge is 0.332 e. The lowest BCUT2D eigenvalue weighted by Gasteiger charge is -2.42. The average molecular weight is 570 g/mol. The molecule has 1 aliphatic carbocycles. The van der Waals surface area contributed by atoms with Crippen LogP contribution in [-0.4, -0.2) is 74.7 Å². The summed E-state index contributed by atoms with van der Waals surface area (Å²) in [6.45, 7) is 4.18. The molecule has 0 unspecified atom stereocenters. The Kier molecular flexibility index (Phi) is 9.47. The standard InChI is InChI=1S/C30H39N3O8/c1-21-7-8-24(31-20-21)33(25(34)23-6-5-19-41-23)22-9-16-32(17-10-22)18-15-29(11-3-2-4-12-29)13-14-30(26(35)36,27(37)38)28(39)40/h5-8,19-20,22H,2-4,9-18H2,1H3,(H,35,36)(H,37,38)(H,39,40). The first-order valence-corrected chi connectivity index (χ1v) is 14.3. The number of aromatic nitrogens is 1. The van der Waals surface area contributed by atoms with Crippen LogP contribution in [0.3, 0.4) is 0 Å². The molecule has 0 spiro atoms. The van der Waals surface area contributed by atoms with Crippen molar-refractivity contribution in [2.75, 3.05) is 24.5 Å². The Morgan fingerprint density at radius 3 is 2.20 bits per heavy atom. The van der Waals surface area contributed by atoms with Crippen molar-refractivity contribution >= 4 is 29.6 Å². The van der Waals surface area contributed by atoms with E-state index in [1.807, 2.05) is 19.1 Å². The largest absolute Gasteiger partial charge is 0.480 e. The predicted molar refractivity (Wildman–Crippen MR) is 149 cm³/mol. The number of aliphatic carboxylic acids is 3. The van der Waals surface area contributed by atoms with Crippen molar-refractivity contribution < 1.29 is 38.9 Å². The zero-order chi connectivity index (χ0) is 29.6. The lowest BCUT2D eigenvalue weighted by atomic mass is 9.66. The molecule has 0 radical (unpaired) electrons. The maximum atomic E-state index is 13.4. The number of rotatable bonds is 12. The van der Waals surface area contributed by atoms with Gasteiger partial charge in [-0.2, -0.15) is 0 Å². The predicted octanol–water partition coefficient (Wildman–Crippen LogP) is 4.46. The van der Waals surface area contributed by atoms with Crippen molar-refractivity contribution in [3.63, 3.8) is 0 Å². The van der Waals surface area contributed by atoms with Crippen LogP contribution in [-0.2, 0) is 14.4 Å². The molecule has 2 aromatic rings. The van der Waals surface area contributed by atoms with Gasteiger partial charge in [-0.05, 0) is 87.6 Å². The molecular weight excluding hydrogens is 530 g/mol.